The summed E-state index contributed by atoms with van der Waals surface area (Å²) in [5.41, 5.74) is 6.88. The van der Waals surface area contributed by atoms with Gasteiger partial charge in [-0.3, -0.25) is 24.6 Å². The van der Waals surface area contributed by atoms with Crippen LogP contribution in [0.25, 0.3) is 0 Å². The summed E-state index contributed by atoms with van der Waals surface area (Å²) in [5, 5.41) is 11.5. The predicted octanol–water partition coefficient (Wildman–Crippen LogP) is 3.48. The molecule has 0 saturated carbocycles. The second kappa shape index (κ2) is 10.0. The van der Waals surface area contributed by atoms with E-state index in [1.54, 1.807) is 24.3 Å². The molecule has 0 fully saturated rings. The fourth-order valence-corrected chi connectivity index (χ4v) is 3.87. The minimum absolute atomic E-state index is 0.0370. The lowest BCUT2D eigenvalue weighted by atomic mass is 10.1. The molecule has 0 aromatic heterocycles. The van der Waals surface area contributed by atoms with Gasteiger partial charge in [-0.1, -0.05) is 48.5 Å². The Morgan fingerprint density at radius 3 is 2.17 bits per heavy atom. The molecule has 3 amide bonds. The minimum Gasteiger partial charge on any atom is -0.482 e. The molecule has 0 aliphatic carbocycles. The quantitative estimate of drug-likeness (QED) is 0.284. The number of primary amides is 1. The SMILES string of the molecule is NC(=O)O[C@@H](Cc1ccc([N+](=O)[O-])c(OCc2ccccc2)c1)CN1C(=O)c2ccccc2C1=O. The minimum atomic E-state index is -1.07. The number of hydrogen-bond donors (Lipinski definition) is 1. The maximum absolute atomic E-state index is 12.7. The van der Waals surface area contributed by atoms with Crippen LogP contribution in [0.3, 0.4) is 0 Å². The van der Waals surface area contributed by atoms with Gasteiger partial charge in [0.05, 0.1) is 22.6 Å². The van der Waals surface area contributed by atoms with Crippen molar-refractivity contribution in [2.24, 2.45) is 5.73 Å². The van der Waals surface area contributed by atoms with E-state index in [-0.39, 0.29) is 42.1 Å². The molecule has 0 saturated heterocycles. The molecular formula is C25H21N3O7. The third-order valence-electron chi connectivity index (χ3n) is 5.47. The van der Waals surface area contributed by atoms with Gasteiger partial charge < -0.3 is 15.2 Å². The van der Waals surface area contributed by atoms with E-state index >= 15 is 0 Å². The monoisotopic (exact) mass is 475 g/mol. The summed E-state index contributed by atoms with van der Waals surface area (Å²) in [4.78, 5) is 48.9. The summed E-state index contributed by atoms with van der Waals surface area (Å²) < 4.78 is 10.9. The number of hydrogen-bond acceptors (Lipinski definition) is 7. The van der Waals surface area contributed by atoms with Gasteiger partial charge in [-0.2, -0.15) is 0 Å². The van der Waals surface area contributed by atoms with Gasteiger partial charge in [-0.25, -0.2) is 4.79 Å². The predicted molar refractivity (Wildman–Crippen MR) is 124 cm³/mol. The van der Waals surface area contributed by atoms with Gasteiger partial charge in [-0.05, 0) is 29.3 Å². The lowest BCUT2D eigenvalue weighted by molar-refractivity contribution is -0.386. The van der Waals surface area contributed by atoms with Crippen molar-refractivity contribution in [3.63, 3.8) is 0 Å². The highest BCUT2D eigenvalue weighted by Gasteiger charge is 2.37. The van der Waals surface area contributed by atoms with Crippen LogP contribution in [-0.2, 0) is 17.8 Å². The molecule has 178 valence electrons. The molecular weight excluding hydrogens is 454 g/mol. The molecule has 4 rings (SSSR count). The van der Waals surface area contributed by atoms with Gasteiger partial charge in [0.2, 0.25) is 0 Å². The van der Waals surface area contributed by atoms with Crippen molar-refractivity contribution in [1.82, 2.24) is 4.90 Å². The largest absolute Gasteiger partial charge is 0.482 e. The van der Waals surface area contributed by atoms with E-state index in [4.69, 9.17) is 15.2 Å². The standard InChI is InChI=1S/C25H21N3O7/c26-25(31)35-18(14-27-23(29)19-8-4-5-9-20(19)24(27)30)12-17-10-11-21(28(32)33)22(13-17)34-15-16-6-2-1-3-7-16/h1-11,13,18H,12,14-15H2,(H2,26,31)/t18-/m0/s1. The number of carbonyl (C=O) groups is 3. The number of ether oxygens (including phenoxy) is 2. The Labute approximate surface area is 200 Å². The second-order valence-electron chi connectivity index (χ2n) is 7.86. The molecule has 0 spiro atoms. The van der Waals surface area contributed by atoms with Crippen molar-refractivity contribution in [3.8, 4) is 5.75 Å². The van der Waals surface area contributed by atoms with E-state index in [0.717, 1.165) is 10.5 Å². The Bertz CT molecular complexity index is 1260. The number of nitrogens with two attached hydrogens (primary N) is 1. The molecule has 1 heterocycles. The fourth-order valence-electron chi connectivity index (χ4n) is 3.87. The summed E-state index contributed by atoms with van der Waals surface area (Å²) in [6.45, 7) is -0.117. The summed E-state index contributed by atoms with van der Waals surface area (Å²) in [6, 6.07) is 19.8. The first-order chi connectivity index (χ1) is 16.8. The van der Waals surface area contributed by atoms with E-state index in [2.05, 4.69) is 0 Å². The van der Waals surface area contributed by atoms with Gasteiger partial charge in [0.1, 0.15) is 12.7 Å². The molecule has 1 atom stereocenters. The van der Waals surface area contributed by atoms with Crippen LogP contribution in [0.15, 0.2) is 72.8 Å². The summed E-state index contributed by atoms with van der Waals surface area (Å²) in [5.74, 6) is -0.964. The number of nitrogens with zero attached hydrogens (tertiary/aromatic N) is 2. The summed E-state index contributed by atoms with van der Waals surface area (Å²) >= 11 is 0. The molecule has 1 aliphatic heterocycles. The molecule has 3 aromatic rings. The molecule has 10 heteroatoms. The Balaban J connectivity index is 1.54. The molecule has 1 aliphatic rings. The smallest absolute Gasteiger partial charge is 0.404 e. The third kappa shape index (κ3) is 5.27. The summed E-state index contributed by atoms with van der Waals surface area (Å²) in [7, 11) is 0. The highest BCUT2D eigenvalue weighted by molar-refractivity contribution is 6.21. The zero-order valence-corrected chi connectivity index (χ0v) is 18.5. The Hall–Kier alpha value is -4.73. The lowest BCUT2D eigenvalue weighted by Crippen LogP contribution is -2.40. The van der Waals surface area contributed by atoms with Crippen LogP contribution in [0, 0.1) is 10.1 Å². The van der Waals surface area contributed by atoms with Crippen molar-refractivity contribution < 1.29 is 28.8 Å². The molecule has 3 aromatic carbocycles. The van der Waals surface area contributed by atoms with Crippen LogP contribution in [0.2, 0.25) is 0 Å². The number of fused-ring (bicyclic) bond motifs is 1. The highest BCUT2D eigenvalue weighted by Crippen LogP contribution is 2.30. The van der Waals surface area contributed by atoms with Crippen LogP contribution >= 0.6 is 0 Å². The average Bonchev–Trinajstić information content (AvgIpc) is 3.08. The normalized spacial score (nSPS) is 13.3. The Morgan fingerprint density at radius 1 is 0.943 bits per heavy atom. The molecule has 2 N–H and O–H groups in total. The Morgan fingerprint density at radius 2 is 1.57 bits per heavy atom. The summed E-state index contributed by atoms with van der Waals surface area (Å²) in [6.07, 6.45) is -2.01. The molecule has 0 unspecified atom stereocenters. The van der Waals surface area contributed by atoms with Crippen LogP contribution < -0.4 is 10.5 Å². The first-order valence-electron chi connectivity index (χ1n) is 10.7. The maximum atomic E-state index is 12.7. The van der Waals surface area contributed by atoms with Crippen LogP contribution in [0.5, 0.6) is 5.75 Å². The van der Waals surface area contributed by atoms with Crippen molar-refractivity contribution in [3.05, 3.63) is 105 Å². The zero-order valence-electron chi connectivity index (χ0n) is 18.5. The fraction of sp³-hybridized carbons (Fsp3) is 0.160. The third-order valence-corrected chi connectivity index (χ3v) is 5.47. The lowest BCUT2D eigenvalue weighted by Gasteiger charge is -2.22. The van der Waals surface area contributed by atoms with E-state index < -0.39 is 28.9 Å². The number of rotatable bonds is 9. The van der Waals surface area contributed by atoms with Crippen LogP contribution in [-0.4, -0.2) is 40.4 Å². The maximum Gasteiger partial charge on any atom is 0.404 e. The number of benzene rings is 3. The van der Waals surface area contributed by atoms with Crippen molar-refractivity contribution >= 4 is 23.6 Å². The van der Waals surface area contributed by atoms with E-state index in [9.17, 15) is 24.5 Å². The molecule has 0 radical (unpaired) electrons. The number of carbonyl (C=O) groups excluding carboxylic acids is 3. The Kier molecular flexibility index (Phi) is 6.72. The van der Waals surface area contributed by atoms with Crippen molar-refractivity contribution in [2.45, 2.75) is 19.1 Å². The molecule has 10 nitrogen and oxygen atoms in total. The first-order valence-corrected chi connectivity index (χ1v) is 10.7. The highest BCUT2D eigenvalue weighted by atomic mass is 16.6. The van der Waals surface area contributed by atoms with Gasteiger partial charge in [-0.15, -0.1) is 0 Å². The number of amides is 3. The average molecular weight is 475 g/mol. The topological polar surface area (TPSA) is 142 Å². The van der Waals surface area contributed by atoms with Gasteiger partial charge in [0.15, 0.2) is 5.75 Å². The van der Waals surface area contributed by atoms with Gasteiger partial charge >= 0.3 is 11.8 Å². The van der Waals surface area contributed by atoms with Gasteiger partial charge in [0, 0.05) is 12.5 Å². The second-order valence-corrected chi connectivity index (χ2v) is 7.86. The van der Waals surface area contributed by atoms with E-state index in [1.165, 1.54) is 18.2 Å². The number of nitro groups is 1. The number of imide groups is 1. The van der Waals surface area contributed by atoms with Crippen LogP contribution in [0.1, 0.15) is 31.8 Å². The van der Waals surface area contributed by atoms with E-state index in [0.29, 0.717) is 5.56 Å². The van der Waals surface area contributed by atoms with Crippen molar-refractivity contribution in [2.75, 3.05) is 6.54 Å². The van der Waals surface area contributed by atoms with Gasteiger partial charge in [0.25, 0.3) is 11.8 Å². The zero-order chi connectivity index (χ0) is 24.9. The van der Waals surface area contributed by atoms with E-state index in [1.807, 2.05) is 30.3 Å². The molecule has 0 bridgehead atoms. The first kappa shape index (κ1) is 23.4. The number of nitro benzene ring substituents is 1. The van der Waals surface area contributed by atoms with Crippen molar-refractivity contribution in [1.29, 1.82) is 0 Å². The molecule has 35 heavy (non-hydrogen) atoms. The van der Waals surface area contributed by atoms with Crippen LogP contribution in [0.4, 0.5) is 10.5 Å².